The Hall–Kier alpha value is -4.10. The van der Waals surface area contributed by atoms with Crippen LogP contribution >= 0.6 is 11.8 Å². The number of nitrogens with zero attached hydrogens (tertiary/aromatic N) is 1. The molecule has 1 N–H and O–H groups in total. The van der Waals surface area contributed by atoms with Crippen molar-refractivity contribution in [2.24, 2.45) is 0 Å². The lowest BCUT2D eigenvalue weighted by Crippen LogP contribution is -2.18. The zero-order valence-corrected chi connectivity index (χ0v) is 20.5. The van der Waals surface area contributed by atoms with E-state index in [1.807, 2.05) is 0 Å². The summed E-state index contributed by atoms with van der Waals surface area (Å²) in [5.74, 6) is -4.40. The fourth-order valence-electron chi connectivity index (χ4n) is 3.43. The fourth-order valence-corrected chi connectivity index (χ4v) is 5.89. The van der Waals surface area contributed by atoms with Gasteiger partial charge in [-0.3, -0.25) is 19.7 Å². The zero-order valence-electron chi connectivity index (χ0n) is 18.9. The summed E-state index contributed by atoms with van der Waals surface area (Å²) in [5, 5.41) is 14.0. The van der Waals surface area contributed by atoms with Gasteiger partial charge < -0.3 is 10.1 Å². The third-order valence-electron chi connectivity index (χ3n) is 5.13. The van der Waals surface area contributed by atoms with Crippen LogP contribution in [0.5, 0.6) is 5.75 Å². The number of sulfone groups is 1. The van der Waals surface area contributed by atoms with Crippen LogP contribution in [0.4, 0.5) is 20.2 Å². The van der Waals surface area contributed by atoms with E-state index in [9.17, 15) is 36.9 Å². The van der Waals surface area contributed by atoms with E-state index in [2.05, 4.69) is 5.32 Å². The lowest BCUT2D eigenvalue weighted by molar-refractivity contribution is -0.385. The highest BCUT2D eigenvalue weighted by Crippen LogP contribution is 2.41. The van der Waals surface area contributed by atoms with Crippen LogP contribution in [0.1, 0.15) is 18.1 Å². The molecule has 9 nitrogen and oxygen atoms in total. The van der Waals surface area contributed by atoms with Crippen LogP contribution in [0.15, 0.2) is 69.3 Å². The molecule has 0 unspecified atom stereocenters. The minimum absolute atomic E-state index is 0.0942. The molecule has 13 heteroatoms. The molecule has 0 spiro atoms. The van der Waals surface area contributed by atoms with Gasteiger partial charge in [0.15, 0.2) is 9.84 Å². The number of carbonyl (C=O) groups excluding carboxylic acids is 2. The predicted octanol–water partition coefficient (Wildman–Crippen LogP) is 4.86. The number of thioether (sulfide) groups is 1. The standard InChI is InChI=1S/C24H16F2N2O7S2/c1-13(29)35-21-8-5-14(9-20(21)28(31)32)10-23-24(30)27-19-7-6-15(11-22(19)36-23)37(33,34)12-16-17(25)3-2-4-18(16)26/h2-11H,12H2,1H3,(H,27,30). The van der Waals surface area contributed by atoms with Gasteiger partial charge in [0.2, 0.25) is 5.75 Å². The molecule has 0 atom stereocenters. The van der Waals surface area contributed by atoms with Gasteiger partial charge in [-0.1, -0.05) is 23.9 Å². The number of esters is 1. The van der Waals surface area contributed by atoms with Gasteiger partial charge in [0.05, 0.1) is 26.2 Å². The van der Waals surface area contributed by atoms with Gasteiger partial charge in [0.1, 0.15) is 11.6 Å². The molecule has 0 aromatic heterocycles. The quantitative estimate of drug-likeness (QED) is 0.152. The van der Waals surface area contributed by atoms with Crippen LogP contribution in [-0.2, 0) is 25.2 Å². The number of benzene rings is 3. The Morgan fingerprint density at radius 2 is 1.84 bits per heavy atom. The molecule has 0 saturated heterocycles. The highest BCUT2D eigenvalue weighted by Gasteiger charge is 2.26. The number of amides is 1. The maximum atomic E-state index is 14.0. The number of hydrogen-bond donors (Lipinski definition) is 1. The van der Waals surface area contributed by atoms with Crippen LogP contribution in [0.2, 0.25) is 0 Å². The van der Waals surface area contributed by atoms with Crippen molar-refractivity contribution < 1.29 is 36.4 Å². The third-order valence-corrected chi connectivity index (χ3v) is 7.85. The molecule has 1 amide bonds. The maximum Gasteiger partial charge on any atom is 0.312 e. The Morgan fingerprint density at radius 3 is 2.49 bits per heavy atom. The Labute approximate surface area is 213 Å². The number of rotatable bonds is 6. The number of carbonyl (C=O) groups is 2. The van der Waals surface area contributed by atoms with Crippen LogP contribution in [0.25, 0.3) is 6.08 Å². The van der Waals surface area contributed by atoms with E-state index in [0.717, 1.165) is 43.0 Å². The Balaban J connectivity index is 1.65. The molecule has 1 heterocycles. The largest absolute Gasteiger partial charge is 0.419 e. The summed E-state index contributed by atoms with van der Waals surface area (Å²) in [6.07, 6.45) is 1.35. The maximum absolute atomic E-state index is 14.0. The fraction of sp³-hybridized carbons (Fsp3) is 0.0833. The number of ether oxygens (including phenoxy) is 1. The first kappa shape index (κ1) is 26.0. The molecule has 0 aliphatic carbocycles. The predicted molar refractivity (Wildman–Crippen MR) is 131 cm³/mol. The molecule has 0 saturated carbocycles. The van der Waals surface area contributed by atoms with E-state index < -0.39 is 55.3 Å². The minimum atomic E-state index is -4.15. The van der Waals surface area contributed by atoms with Crippen molar-refractivity contribution in [2.75, 3.05) is 5.32 Å². The van der Waals surface area contributed by atoms with Crippen molar-refractivity contribution in [3.8, 4) is 5.75 Å². The van der Waals surface area contributed by atoms with Gasteiger partial charge in [0, 0.05) is 23.4 Å². The van der Waals surface area contributed by atoms with Crippen LogP contribution in [-0.4, -0.2) is 25.2 Å². The van der Waals surface area contributed by atoms with Crippen molar-refractivity contribution >= 4 is 50.9 Å². The zero-order chi connectivity index (χ0) is 26.9. The molecule has 4 rings (SSSR count). The molecule has 1 aliphatic heterocycles. The Kier molecular flexibility index (Phi) is 7.09. The molecule has 190 valence electrons. The normalized spacial score (nSPS) is 14.1. The van der Waals surface area contributed by atoms with Gasteiger partial charge in [-0.2, -0.15) is 0 Å². The second kappa shape index (κ2) is 10.1. The first-order valence-electron chi connectivity index (χ1n) is 10.4. The Bertz CT molecular complexity index is 1580. The molecular weight excluding hydrogens is 530 g/mol. The highest BCUT2D eigenvalue weighted by molar-refractivity contribution is 8.04. The number of hydrogen-bond acceptors (Lipinski definition) is 8. The van der Waals surface area contributed by atoms with E-state index in [0.29, 0.717) is 10.6 Å². The number of nitro benzene ring substituents is 1. The summed E-state index contributed by atoms with van der Waals surface area (Å²) >= 11 is 0.913. The summed E-state index contributed by atoms with van der Waals surface area (Å²) in [6.45, 7) is 1.10. The smallest absolute Gasteiger partial charge is 0.312 e. The second-order valence-electron chi connectivity index (χ2n) is 7.76. The number of nitrogens with one attached hydrogen (secondary N) is 1. The van der Waals surface area contributed by atoms with Gasteiger partial charge in [-0.05, 0) is 48.0 Å². The highest BCUT2D eigenvalue weighted by atomic mass is 32.2. The minimum Gasteiger partial charge on any atom is -0.419 e. The Morgan fingerprint density at radius 1 is 1.14 bits per heavy atom. The van der Waals surface area contributed by atoms with Crippen molar-refractivity contribution in [3.63, 3.8) is 0 Å². The molecule has 0 fully saturated rings. The molecule has 1 aliphatic rings. The lowest BCUT2D eigenvalue weighted by Gasteiger charge is -2.19. The topological polar surface area (TPSA) is 133 Å². The molecule has 3 aromatic rings. The monoisotopic (exact) mass is 546 g/mol. The molecule has 3 aromatic carbocycles. The van der Waals surface area contributed by atoms with Crippen molar-refractivity contribution in [1.82, 2.24) is 0 Å². The summed E-state index contributed by atoms with van der Waals surface area (Å²) in [5.41, 5.74) is -0.498. The van der Waals surface area contributed by atoms with Gasteiger partial charge in [-0.25, -0.2) is 17.2 Å². The van der Waals surface area contributed by atoms with E-state index in [1.54, 1.807) is 0 Å². The van der Waals surface area contributed by atoms with Gasteiger partial charge >= 0.3 is 11.7 Å². The van der Waals surface area contributed by atoms with Gasteiger partial charge in [-0.15, -0.1) is 0 Å². The SMILES string of the molecule is CC(=O)Oc1ccc(C=C2Sc3cc(S(=O)(=O)Cc4c(F)cccc4F)ccc3NC2=O)cc1[N+](=O)[O-]. The van der Waals surface area contributed by atoms with E-state index in [-0.39, 0.29) is 21.1 Å². The first-order valence-corrected chi connectivity index (χ1v) is 12.9. The molecule has 37 heavy (non-hydrogen) atoms. The summed E-state index contributed by atoms with van der Waals surface area (Å²) < 4.78 is 58.6. The summed E-state index contributed by atoms with van der Waals surface area (Å²) in [6, 6.07) is 10.7. The van der Waals surface area contributed by atoms with E-state index in [1.165, 1.54) is 36.4 Å². The van der Waals surface area contributed by atoms with Crippen molar-refractivity contribution in [3.05, 3.63) is 92.4 Å². The molecule has 0 radical (unpaired) electrons. The number of anilines is 1. The van der Waals surface area contributed by atoms with Crippen LogP contribution in [0.3, 0.4) is 0 Å². The second-order valence-corrected chi connectivity index (χ2v) is 10.8. The lowest BCUT2D eigenvalue weighted by atomic mass is 10.1. The average Bonchev–Trinajstić information content (AvgIpc) is 2.82. The van der Waals surface area contributed by atoms with Crippen molar-refractivity contribution in [2.45, 2.75) is 22.5 Å². The van der Waals surface area contributed by atoms with Crippen LogP contribution in [0, 0.1) is 21.7 Å². The van der Waals surface area contributed by atoms with E-state index >= 15 is 0 Å². The number of nitro groups is 1. The number of halogens is 2. The molecule has 0 bridgehead atoms. The average molecular weight is 547 g/mol. The van der Waals surface area contributed by atoms with E-state index in [4.69, 9.17) is 4.74 Å². The van der Waals surface area contributed by atoms with Crippen molar-refractivity contribution in [1.29, 1.82) is 0 Å². The summed E-state index contributed by atoms with van der Waals surface area (Å²) in [7, 11) is -4.15. The molecular formula is C24H16F2N2O7S2. The first-order chi connectivity index (χ1) is 17.4. The van der Waals surface area contributed by atoms with Crippen LogP contribution < -0.4 is 10.1 Å². The summed E-state index contributed by atoms with van der Waals surface area (Å²) in [4.78, 5) is 34.6. The van der Waals surface area contributed by atoms with Gasteiger partial charge in [0.25, 0.3) is 5.91 Å². The third kappa shape index (κ3) is 5.67. The number of fused-ring (bicyclic) bond motifs is 1.